The zero-order valence-corrected chi connectivity index (χ0v) is 30.1. The van der Waals surface area contributed by atoms with Crippen molar-refractivity contribution in [1.82, 2.24) is 28.3 Å². The summed E-state index contributed by atoms with van der Waals surface area (Å²) < 4.78 is 45.7. The van der Waals surface area contributed by atoms with Gasteiger partial charge in [0, 0.05) is 68.3 Å². The third kappa shape index (κ3) is 7.21. The Morgan fingerprint density at radius 1 is 0.918 bits per heavy atom. The fourth-order valence-electron chi connectivity index (χ4n) is 8.08. The van der Waals surface area contributed by atoms with E-state index in [-0.39, 0.29) is 12.6 Å². The second-order valence-electron chi connectivity index (χ2n) is 14.5. The van der Waals surface area contributed by atoms with Crippen LogP contribution < -0.4 is 14.2 Å². The monoisotopic (exact) mass is 692 g/mol. The summed E-state index contributed by atoms with van der Waals surface area (Å²) in [5.74, 6) is 1.29. The highest BCUT2D eigenvalue weighted by Gasteiger charge is 2.33. The van der Waals surface area contributed by atoms with Crippen LogP contribution in [-0.4, -0.2) is 124 Å². The quantitative estimate of drug-likeness (QED) is 0.421. The summed E-state index contributed by atoms with van der Waals surface area (Å²) in [6.07, 6.45) is 8.33. The molecule has 2 aromatic carbocycles. The third-order valence-electron chi connectivity index (χ3n) is 11.2. The summed E-state index contributed by atoms with van der Waals surface area (Å²) >= 11 is 0. The Morgan fingerprint density at radius 2 is 1.69 bits per heavy atom. The summed E-state index contributed by atoms with van der Waals surface area (Å²) in [5.41, 5.74) is 4.72. The van der Waals surface area contributed by atoms with Crippen LogP contribution in [0.4, 0.5) is 0 Å². The maximum absolute atomic E-state index is 13.6. The van der Waals surface area contributed by atoms with E-state index in [0.29, 0.717) is 37.8 Å². The molecular formula is C37H52N6O5S. The van der Waals surface area contributed by atoms with Crippen LogP contribution in [0.2, 0.25) is 0 Å². The lowest BCUT2D eigenvalue weighted by molar-refractivity contribution is 0.0979. The predicted octanol–water partition coefficient (Wildman–Crippen LogP) is 4.38. The van der Waals surface area contributed by atoms with Gasteiger partial charge in [-0.15, -0.1) is 0 Å². The molecule has 266 valence electrons. The summed E-state index contributed by atoms with van der Waals surface area (Å²) in [4.78, 5) is 20.5. The molecule has 1 amide bonds. The van der Waals surface area contributed by atoms with Crippen LogP contribution >= 0.6 is 0 Å². The number of hydrogen-bond donors (Lipinski definition) is 1. The third-order valence-corrected chi connectivity index (χ3v) is 12.6. The number of likely N-dealkylation sites (N-methyl/N-ethyl adjacent to an activating group) is 3. The van der Waals surface area contributed by atoms with Crippen LogP contribution in [-0.2, 0) is 16.8 Å². The molecule has 3 aliphatic heterocycles. The number of nitrogens with one attached hydrogen (secondary N) is 1. The summed E-state index contributed by atoms with van der Waals surface area (Å²) in [7, 11) is 1.65. The second kappa shape index (κ2) is 14.6. The number of para-hydroxylation sites is 1. The first-order valence-corrected chi connectivity index (χ1v) is 19.6. The molecule has 0 radical (unpaired) electrons. The van der Waals surface area contributed by atoms with E-state index in [0.717, 1.165) is 79.2 Å². The molecule has 4 bridgehead atoms. The van der Waals surface area contributed by atoms with E-state index in [1.165, 1.54) is 49.0 Å². The molecule has 7 rings (SSSR count). The Hall–Kier alpha value is -3.16. The normalized spacial score (nSPS) is 23.7. The van der Waals surface area contributed by atoms with Gasteiger partial charge < -0.3 is 18.9 Å². The maximum Gasteiger partial charge on any atom is 0.303 e. The molecule has 12 heteroatoms. The van der Waals surface area contributed by atoms with Gasteiger partial charge in [-0.1, -0.05) is 31.4 Å². The summed E-state index contributed by atoms with van der Waals surface area (Å²) in [5, 5.41) is 1.12. The first kappa shape index (κ1) is 34.3. The van der Waals surface area contributed by atoms with E-state index in [2.05, 4.69) is 43.2 Å². The molecule has 1 N–H and O–H groups in total. The number of fused-ring (bicyclic) bond motifs is 4. The molecule has 1 saturated carbocycles. The average molecular weight is 693 g/mol. The number of hydrogen-bond acceptors (Lipinski definition) is 8. The summed E-state index contributed by atoms with van der Waals surface area (Å²) in [6, 6.07) is 12.0. The zero-order chi connectivity index (χ0) is 34.1. The van der Waals surface area contributed by atoms with Gasteiger partial charge in [0.1, 0.15) is 13.2 Å². The van der Waals surface area contributed by atoms with Gasteiger partial charge in [0.25, 0.3) is 5.91 Å². The van der Waals surface area contributed by atoms with Gasteiger partial charge in [-0.05, 0) is 88.6 Å². The highest BCUT2D eigenvalue weighted by atomic mass is 32.2. The van der Waals surface area contributed by atoms with E-state index in [9.17, 15) is 13.2 Å². The van der Waals surface area contributed by atoms with Gasteiger partial charge in [-0.2, -0.15) is 12.7 Å². The minimum atomic E-state index is -4.01. The van der Waals surface area contributed by atoms with E-state index in [4.69, 9.17) is 9.47 Å². The Labute approximate surface area is 291 Å². The van der Waals surface area contributed by atoms with Crippen LogP contribution in [0.15, 0.2) is 36.4 Å². The maximum atomic E-state index is 13.6. The van der Waals surface area contributed by atoms with Gasteiger partial charge in [0.05, 0.1) is 11.7 Å². The molecule has 4 aliphatic rings. The Kier molecular flexibility index (Phi) is 10.2. The first-order chi connectivity index (χ1) is 23.7. The van der Waals surface area contributed by atoms with Crippen molar-refractivity contribution in [2.24, 2.45) is 0 Å². The van der Waals surface area contributed by atoms with Crippen LogP contribution in [0.3, 0.4) is 0 Å². The lowest BCUT2D eigenvalue weighted by Gasteiger charge is -2.34. The number of benzene rings is 2. The second-order valence-corrected chi connectivity index (χ2v) is 16.3. The highest BCUT2D eigenvalue weighted by Crippen LogP contribution is 2.49. The number of carbonyl (C=O) groups is 1. The Bertz CT molecular complexity index is 1760. The van der Waals surface area contributed by atoms with Crippen LogP contribution in [0.5, 0.6) is 11.5 Å². The minimum absolute atomic E-state index is 0.0428. The Balaban J connectivity index is 1.39. The van der Waals surface area contributed by atoms with E-state index < -0.39 is 16.1 Å². The molecule has 1 unspecified atom stereocenters. The van der Waals surface area contributed by atoms with Crippen molar-refractivity contribution in [2.45, 2.75) is 63.5 Å². The van der Waals surface area contributed by atoms with Gasteiger partial charge in [-0.25, -0.2) is 4.72 Å². The molecule has 3 aromatic rings. The van der Waals surface area contributed by atoms with Crippen LogP contribution in [0, 0.1) is 0 Å². The molecule has 1 aliphatic carbocycles. The lowest BCUT2D eigenvalue weighted by atomic mass is 9.81. The molecule has 1 aromatic heterocycles. The van der Waals surface area contributed by atoms with E-state index >= 15 is 0 Å². The van der Waals surface area contributed by atoms with Crippen molar-refractivity contribution in [3.8, 4) is 22.8 Å². The van der Waals surface area contributed by atoms with Gasteiger partial charge in [0.15, 0.2) is 11.5 Å². The number of likely N-dealkylation sites (tertiary alicyclic amines) is 1. The van der Waals surface area contributed by atoms with Crippen molar-refractivity contribution in [3.05, 3.63) is 47.5 Å². The molecule has 1 atom stereocenters. The molecule has 0 spiro atoms. The molecule has 4 heterocycles. The number of ether oxygens (including phenoxy) is 2. The topological polar surface area (TPSA) is 99.6 Å². The van der Waals surface area contributed by atoms with Crippen molar-refractivity contribution in [3.63, 3.8) is 0 Å². The Morgan fingerprint density at radius 3 is 2.49 bits per heavy atom. The number of nitrogens with zero attached hydrogens (tertiary/aromatic N) is 5. The van der Waals surface area contributed by atoms with Crippen molar-refractivity contribution < 1.29 is 22.7 Å². The number of aromatic nitrogens is 1. The van der Waals surface area contributed by atoms with Crippen LogP contribution in [0.1, 0.15) is 66.8 Å². The fourth-order valence-corrected chi connectivity index (χ4v) is 8.91. The van der Waals surface area contributed by atoms with Gasteiger partial charge >= 0.3 is 10.2 Å². The van der Waals surface area contributed by atoms with Gasteiger partial charge in [0.2, 0.25) is 0 Å². The SMILES string of the molecule is CN1CCN(C)C2COc3c(OCCN4CCCC4)cccc3-c3c(C4CCCCC4)c4ccc(cc4n3C2)C(=O)NS(=O)(=O)N(C)CC1. The van der Waals surface area contributed by atoms with E-state index in [1.54, 1.807) is 6.07 Å². The zero-order valence-electron chi connectivity index (χ0n) is 29.3. The molecule has 2 fully saturated rings. The van der Waals surface area contributed by atoms with Gasteiger partial charge in [-0.3, -0.25) is 14.6 Å². The standard InChI is InChI=1S/C37H52N6O5S/c1-39-18-20-40(2)29-25-43-32-24-28(37(44)38-49(45,46)41(3)21-19-39)14-15-30(32)34(27-10-5-4-6-11-27)35(43)31-12-9-13-33(36(31)48-26-29)47-23-22-42-16-7-8-17-42/h9,12-15,24,27,29H,4-8,10-11,16-23,25-26H2,1-3H3,(H,38,44). The molecule has 1 saturated heterocycles. The highest BCUT2D eigenvalue weighted by molar-refractivity contribution is 7.87. The first-order valence-electron chi connectivity index (χ1n) is 18.1. The average Bonchev–Trinajstić information content (AvgIpc) is 3.72. The molecular weight excluding hydrogens is 641 g/mol. The molecule has 11 nitrogen and oxygen atoms in total. The lowest BCUT2D eigenvalue weighted by Crippen LogP contribution is -2.46. The van der Waals surface area contributed by atoms with Crippen molar-refractivity contribution in [2.75, 3.05) is 80.2 Å². The fraction of sp³-hybridized carbons (Fsp3) is 0.595. The smallest absolute Gasteiger partial charge is 0.303 e. The largest absolute Gasteiger partial charge is 0.488 e. The van der Waals surface area contributed by atoms with E-state index in [1.807, 2.05) is 25.2 Å². The minimum Gasteiger partial charge on any atom is -0.488 e. The number of rotatable bonds is 5. The molecule has 49 heavy (non-hydrogen) atoms. The van der Waals surface area contributed by atoms with Crippen molar-refractivity contribution in [1.29, 1.82) is 0 Å². The van der Waals surface area contributed by atoms with Crippen LogP contribution in [0.25, 0.3) is 22.2 Å². The number of amides is 1. The number of carbonyl (C=O) groups excluding carboxylic acids is 1. The van der Waals surface area contributed by atoms with Crippen molar-refractivity contribution >= 4 is 27.0 Å². The predicted molar refractivity (Wildman–Crippen MR) is 193 cm³/mol. The summed E-state index contributed by atoms with van der Waals surface area (Å²) in [6.45, 7) is 7.25.